The number of fused-ring (bicyclic) bond motifs is 6. The number of nitrogens with zero attached hydrogens (tertiary/aromatic N) is 16. The smallest absolute Gasteiger partial charge is 0.380 e. The van der Waals surface area contributed by atoms with Gasteiger partial charge in [0.05, 0.1) is 29.8 Å². The number of nitrogens with one attached hydrogen (secondary N) is 9. The van der Waals surface area contributed by atoms with Gasteiger partial charge >= 0.3 is 15.6 Å². The number of likely N-dealkylation sites (N-methyl/N-ethyl adjacent to an activating group) is 1. The van der Waals surface area contributed by atoms with Gasteiger partial charge in [0, 0.05) is 163 Å². The summed E-state index contributed by atoms with van der Waals surface area (Å²) in [5, 5.41) is 22.6. The predicted molar refractivity (Wildman–Crippen MR) is 715 cm³/mol. The van der Waals surface area contributed by atoms with Crippen LogP contribution in [0.1, 0.15) is 247 Å². The zero-order chi connectivity index (χ0) is 112. The van der Waals surface area contributed by atoms with Gasteiger partial charge in [0.1, 0.15) is 66.3 Å². The van der Waals surface area contributed by atoms with Crippen LogP contribution in [-0.2, 0) is 97.2 Å². The molecule has 0 saturated carbocycles. The topological polar surface area (TPSA) is 384 Å². The minimum Gasteiger partial charge on any atom is -0.380 e. The van der Waals surface area contributed by atoms with Gasteiger partial charge in [-0.2, -0.15) is 103 Å². The molecule has 0 saturated heterocycles. The Morgan fingerprint density at radius 1 is 0.500 bits per heavy atom. The largest absolute Gasteiger partial charge is 0.522 e. The minimum absolute atomic E-state index is 0. The van der Waals surface area contributed by atoms with Crippen LogP contribution in [0, 0.1) is 14.3 Å². The molecular weight excluding hydrogens is 3090 g/mol. The zero-order valence-electron chi connectivity index (χ0n) is 92.8. The summed E-state index contributed by atoms with van der Waals surface area (Å²) in [6.45, 7) is 73.8. The molecule has 0 aliphatic carbocycles. The van der Waals surface area contributed by atoms with Gasteiger partial charge in [-0.3, -0.25) is 7.85 Å². The van der Waals surface area contributed by atoms with E-state index >= 15 is 0 Å². The Kier molecular flexibility index (Phi) is 86.4. The molecule has 0 amide bonds. The Balaban J connectivity index is -0.000000249. The van der Waals surface area contributed by atoms with E-state index in [0.717, 1.165) is 125 Å². The van der Waals surface area contributed by atoms with Crippen LogP contribution >= 0.6 is 227 Å². The van der Waals surface area contributed by atoms with Crippen LogP contribution < -0.4 is 52.9 Å². The van der Waals surface area contributed by atoms with Gasteiger partial charge in [-0.05, 0) is 150 Å². The van der Waals surface area contributed by atoms with E-state index in [-0.39, 0.29) is 94.0 Å². The molecule has 1 aliphatic rings. The van der Waals surface area contributed by atoms with Crippen LogP contribution in [-0.4, -0.2) is 185 Å². The van der Waals surface area contributed by atoms with Crippen molar-refractivity contribution < 1.29 is 81.1 Å². The first-order valence-corrected chi connectivity index (χ1v) is 68.5. The van der Waals surface area contributed by atoms with E-state index in [1.807, 2.05) is 118 Å². The van der Waals surface area contributed by atoms with Gasteiger partial charge in [0.25, 0.3) is 0 Å². The number of halogens is 15. The second-order valence-electron chi connectivity index (χ2n) is 39.5. The number of aromatic amines is 2. The Morgan fingerprint density at radius 3 is 1.12 bits per heavy atom. The first-order valence-electron chi connectivity index (χ1n) is 47.1. The Hall–Kier alpha value is -0.556. The number of aromatic nitrogens is 17. The quantitative estimate of drug-likeness (QED) is 0.00795. The third kappa shape index (κ3) is 65.7. The maximum Gasteiger partial charge on any atom is 0.522 e. The molecule has 52 heteroatoms. The van der Waals surface area contributed by atoms with Crippen LogP contribution in [0.2, 0.25) is 75.0 Å². The summed E-state index contributed by atoms with van der Waals surface area (Å²) in [4.78, 5) is 67.5. The molecule has 12 rings (SSSR count). The van der Waals surface area contributed by atoms with Crippen LogP contribution in [0.4, 0.5) is 66.3 Å². The molecule has 30 nitrogen and oxygen atoms in total. The molecule has 0 unspecified atom stereocenters. The number of nitrogen functional groups attached to an aromatic ring is 1. The van der Waals surface area contributed by atoms with E-state index in [1.165, 1.54) is 41.8 Å². The van der Waals surface area contributed by atoms with Crippen molar-refractivity contribution in [2.24, 2.45) is 26.9 Å². The molecule has 0 aromatic carbocycles. The first kappa shape index (κ1) is 165. The number of hydrogen-bond donors (Lipinski definition) is 11. The molecule has 0 spiro atoms. The standard InChI is InChI=1S/C13H21ClN4Si.C13H23N5.C13H21N5.C12H19ClN4Si.C10H13ClN4.C7H15F3O3SSi.C6H5ClN4.C3H5I3.C3H6I2.2C3H6I.C3H7I.C3H9N.C3H7.3CH4.3V/c1-13(2,3)19(5,6)17-12-15-10(14)9-7-8-18(4)11(9)16-12;2*1-5-7-14-13-16-11(15-9(2)3)10-6-8-18(4)12(10)17-13;1-12(2,3)18(4,5)17-11-15-9(13)8-6-7-14-10(8)16-11;1-3-5-12-10-13-8(11)7-4-6-15(2)9(7)14-10;1-6(2,3)15(4,5)13-14(11,12)7(8,9)10;7-4-3-1-2-9-5(3)11-6(8)10-4;1-3(5,6)2-4;1-3(2,4)5;2*1-3(2)4;1-2-3-4;1-3(2)4;1-3-2;;;;;;/h7-8H,1-6H3,(H,15,16,17);9H,5-8H2,1-4H3,(H2,14,15,16,17);6,8-9H,5,7H2,1-4H3,(H2,14,15,16,17);6-7H,1-5H3,(H2,14,15,16,17);4,6H,3,5H2,1-2H3,(H,12,13,14);1-5H3;1-2H,(H3,8,9,10,11);2H2,1H3;1-2H3;2*1-2H3;2-3H2,1H3;3H,4H2,1-2H3;3H,1-2H3;3*1H4;;;/q;;;;;;;;;2*-1;;;-1;;;;;;. The van der Waals surface area contributed by atoms with E-state index < -0.39 is 45.5 Å². The number of H-pyrrole nitrogens is 2. The van der Waals surface area contributed by atoms with Gasteiger partial charge in [-0.25, -0.2) is 19.9 Å². The molecule has 13 N–H and O–H groups in total. The molecular formula is C98H175Cl4F3I8N27O3SSi3V3-3. The van der Waals surface area contributed by atoms with Crippen LogP contribution in [0.5, 0.6) is 0 Å². The van der Waals surface area contributed by atoms with Gasteiger partial charge in [-0.1, -0.05) is 334 Å². The molecule has 0 bridgehead atoms. The number of nitrogens with two attached hydrogens (primary N) is 2. The van der Waals surface area contributed by atoms with Crippen LogP contribution in [0.25, 0.3) is 55.2 Å². The SMILES string of the molecule is C.C.C.CC(C)(C)[Si](C)(C)Nc1nc(Cl)c2cc[nH]c2n1.CC(C)(C)[Si](C)(C)OS(=O)(=O)C(F)(F)F.CC(C)(I)I.CC(C)N.CC(I)(I)CI.CCCI.CCCNc1nc(Cl)c2ccn(C)c2n1.CCCNc1nc(NC(C)C)c2c(n1)N(C)CC2.CCCNc1nc(NC(C)C)c2ccn(C)c2n1.C[C-](C)I.C[C-](C)I.C[CH-]C.Cn1ccc2c(Cl)nc(N[Si](C)(C)C(C)(C)C)nc21.Nc1nc(Cl)c2cc[nH]c2n1.[V].[V].[V]. The van der Waals surface area contributed by atoms with Crippen molar-refractivity contribution in [3.8, 4) is 0 Å². The Morgan fingerprint density at radius 2 is 0.793 bits per heavy atom. The first-order chi connectivity index (χ1) is 65.8. The van der Waals surface area contributed by atoms with Gasteiger partial charge in [-0.15, -0.1) is 0 Å². The van der Waals surface area contributed by atoms with Crippen LogP contribution in [0.15, 0.2) is 61.3 Å². The summed E-state index contributed by atoms with van der Waals surface area (Å²) in [5.41, 5.74) is 10.5. The average molecular weight is 3260 g/mol. The summed E-state index contributed by atoms with van der Waals surface area (Å²) < 4.78 is 74.2. The van der Waals surface area contributed by atoms with Crippen molar-refractivity contribution in [2.75, 3.05) is 89.3 Å². The predicted octanol–water partition coefficient (Wildman–Crippen LogP) is 34.2. The monoisotopic (exact) mass is 3260 g/mol. The molecule has 3 radical (unpaired) electrons. The van der Waals surface area contributed by atoms with E-state index in [2.05, 4.69) is 474 Å². The van der Waals surface area contributed by atoms with Gasteiger partial charge < -0.3 is 132 Å². The molecule has 150 heavy (non-hydrogen) atoms. The third-order valence-electron chi connectivity index (χ3n) is 19.8. The second-order valence-corrected chi connectivity index (χ2v) is 78.0. The number of anilines is 9. The fourth-order valence-corrected chi connectivity index (χ4v) is 16.4. The zero-order valence-corrected chi connectivity index (χ0v) is 121. The average Bonchev–Trinajstić information content (AvgIpc) is 1.44. The van der Waals surface area contributed by atoms with E-state index in [9.17, 15) is 21.6 Å². The molecule has 0 fully saturated rings. The Labute approximate surface area is 1070 Å². The summed E-state index contributed by atoms with van der Waals surface area (Å²) >= 11 is 43.0. The van der Waals surface area contributed by atoms with Gasteiger partial charge in [0.15, 0.2) is 16.5 Å². The normalized spacial score (nSPS) is 11.6. The van der Waals surface area contributed by atoms with E-state index in [0.29, 0.717) is 71.0 Å². The van der Waals surface area contributed by atoms with Crippen molar-refractivity contribution in [1.29, 1.82) is 0 Å². The molecule has 861 valence electrons. The second kappa shape index (κ2) is 78.7. The molecule has 11 aromatic rings. The fraction of sp³-hybridized carbons (Fsp3) is 0.622. The number of hydrogen-bond acceptors (Lipinski definition) is 25. The summed E-state index contributed by atoms with van der Waals surface area (Å²) in [7, 11) is -3.83. The minimum atomic E-state index is -5.48. The number of aryl methyl sites for hydroxylation is 3. The summed E-state index contributed by atoms with van der Waals surface area (Å²) in [5.74, 6) is 6.38. The van der Waals surface area contributed by atoms with E-state index in [4.69, 9.17) is 57.9 Å². The fourth-order valence-electron chi connectivity index (χ4n) is 9.78. The molecule has 1 aliphatic heterocycles. The molecule has 0 atom stereocenters. The van der Waals surface area contributed by atoms with Crippen LogP contribution in [0.3, 0.4) is 0 Å². The van der Waals surface area contributed by atoms with Crippen molar-refractivity contribution >= 4 is 370 Å². The van der Waals surface area contributed by atoms with Crippen molar-refractivity contribution in [1.82, 2.24) is 83.5 Å². The Bertz CT molecular complexity index is 5630. The maximum atomic E-state index is 12.1. The molecule has 12 heterocycles. The van der Waals surface area contributed by atoms with Crippen molar-refractivity contribution in [3.05, 3.63) is 102 Å². The maximum absolute atomic E-state index is 12.1. The number of alkyl halides is 9. The third-order valence-corrected chi connectivity index (χ3v) is 43.1. The van der Waals surface area contributed by atoms with E-state index in [1.54, 1.807) is 33.0 Å². The van der Waals surface area contributed by atoms with Gasteiger partial charge in [0.2, 0.25) is 44.0 Å². The summed E-state index contributed by atoms with van der Waals surface area (Å²) in [6, 6.07) is 10.7. The van der Waals surface area contributed by atoms with Crippen molar-refractivity contribution in [3.63, 3.8) is 0 Å². The summed E-state index contributed by atoms with van der Waals surface area (Å²) in [6.07, 6.45) is 16.9. The number of rotatable bonds is 21. The molecule has 11 aromatic heterocycles. The van der Waals surface area contributed by atoms with Crippen molar-refractivity contribution in [2.45, 2.75) is 329 Å².